The molecule has 0 amide bonds. The molecule has 4 aliphatic rings. The van der Waals surface area contributed by atoms with Gasteiger partial charge in [0.1, 0.15) is 0 Å². The highest BCUT2D eigenvalue weighted by Gasteiger charge is 2.46. The van der Waals surface area contributed by atoms with Crippen LogP contribution >= 0.6 is 0 Å². The molecule has 1 aliphatic heterocycles. The average Bonchev–Trinajstić information content (AvgIpc) is 2.75. The Hall–Kier alpha value is -1.95. The monoisotopic (exact) mass is 408 g/mol. The molecule has 0 radical (unpaired) electrons. The van der Waals surface area contributed by atoms with Crippen LogP contribution in [0.1, 0.15) is 60.3 Å². The van der Waals surface area contributed by atoms with Crippen LogP contribution in [0, 0.1) is 5.41 Å². The zero-order valence-corrected chi connectivity index (χ0v) is 20.1. The van der Waals surface area contributed by atoms with Gasteiger partial charge in [0.25, 0.3) is 0 Å². The summed E-state index contributed by atoms with van der Waals surface area (Å²) < 4.78 is 0. The van der Waals surface area contributed by atoms with E-state index in [4.69, 9.17) is 0 Å². The normalized spacial score (nSPS) is 26.1. The van der Waals surface area contributed by atoms with Gasteiger partial charge in [-0.15, -0.1) is 5.98 Å². The summed E-state index contributed by atoms with van der Waals surface area (Å²) in [6, 6.07) is 0. The highest BCUT2D eigenvalue weighted by atomic mass is 14.2. The molecule has 0 aromatic carbocycles. The molecule has 31 heavy (non-hydrogen) atoms. The van der Waals surface area contributed by atoms with Crippen LogP contribution in [0.2, 0.25) is 17.5 Å². The van der Waals surface area contributed by atoms with E-state index in [1.807, 2.05) is 0 Å². The highest BCUT2D eigenvalue weighted by Crippen LogP contribution is 2.51. The maximum absolute atomic E-state index is 2.56. The number of allylic oxidation sites excluding steroid dienone is 15. The van der Waals surface area contributed by atoms with Gasteiger partial charge in [0.2, 0.25) is 6.71 Å². The molecule has 0 nitrogen and oxygen atoms in total. The standard InChI is InChI=1S/C29H38B2/c1-22(2)31-27-12-8-6-10-25(27)30(26-11-7-9-13-28(26)31)21-19-24-16-14-23(15-17-24)18-20-29(3,4)5/h6,8,10-14,16,18-22,25,27H,7,9,15,17H2,1-5H3/b20-18+,21-19+. The number of hydrogen-bond acceptors (Lipinski definition) is 0. The van der Waals surface area contributed by atoms with Crippen molar-refractivity contribution in [3.8, 4) is 0 Å². The molecule has 0 saturated carbocycles. The Balaban J connectivity index is 1.58. The lowest BCUT2D eigenvalue weighted by Crippen LogP contribution is -2.43. The summed E-state index contributed by atoms with van der Waals surface area (Å²) in [6.45, 7) is 12.7. The summed E-state index contributed by atoms with van der Waals surface area (Å²) in [6.07, 6.45) is 31.0. The first-order chi connectivity index (χ1) is 14.8. The fourth-order valence-electron chi connectivity index (χ4n) is 5.71. The Kier molecular flexibility index (Phi) is 6.65. The lowest BCUT2D eigenvalue weighted by Gasteiger charge is -2.44. The summed E-state index contributed by atoms with van der Waals surface area (Å²) in [5.74, 6) is 4.40. The highest BCUT2D eigenvalue weighted by molar-refractivity contribution is 6.86. The summed E-state index contributed by atoms with van der Waals surface area (Å²) in [4.78, 5) is 0. The minimum absolute atomic E-state index is 0.247. The molecule has 2 unspecified atom stereocenters. The van der Waals surface area contributed by atoms with Crippen LogP contribution in [0.4, 0.5) is 0 Å². The molecular formula is C29H38B2. The molecule has 1 heterocycles. The molecular weight excluding hydrogens is 370 g/mol. The molecule has 1 saturated heterocycles. The lowest BCUT2D eigenvalue weighted by atomic mass is 9.13. The van der Waals surface area contributed by atoms with Gasteiger partial charge in [-0.3, -0.25) is 0 Å². The van der Waals surface area contributed by atoms with E-state index in [2.05, 4.69) is 107 Å². The summed E-state index contributed by atoms with van der Waals surface area (Å²) in [5, 5.41) is 0. The van der Waals surface area contributed by atoms with Crippen molar-refractivity contribution < 1.29 is 0 Å². The summed E-state index contributed by atoms with van der Waals surface area (Å²) in [7, 11) is 0. The Morgan fingerprint density at radius 3 is 2.10 bits per heavy atom. The zero-order valence-electron chi connectivity index (χ0n) is 20.1. The Morgan fingerprint density at radius 2 is 1.48 bits per heavy atom. The van der Waals surface area contributed by atoms with E-state index in [-0.39, 0.29) is 5.41 Å². The van der Waals surface area contributed by atoms with E-state index < -0.39 is 0 Å². The third-order valence-electron chi connectivity index (χ3n) is 7.25. The molecule has 0 aromatic heterocycles. The van der Waals surface area contributed by atoms with E-state index in [0.29, 0.717) is 30.9 Å². The average molecular weight is 408 g/mol. The van der Waals surface area contributed by atoms with Crippen LogP contribution < -0.4 is 0 Å². The number of rotatable bonds is 4. The smallest absolute Gasteiger partial charge is 0.109 e. The van der Waals surface area contributed by atoms with Gasteiger partial charge in [-0.25, -0.2) is 0 Å². The summed E-state index contributed by atoms with van der Waals surface area (Å²) in [5.41, 5.74) is 6.42. The van der Waals surface area contributed by atoms with Crippen LogP contribution in [-0.4, -0.2) is 13.4 Å². The van der Waals surface area contributed by atoms with E-state index in [1.54, 1.807) is 10.9 Å². The SMILES string of the molecule is CC(C)B1C2=CCCC=C2B(/C=C/C2=CC=C(/C=C/C(C)(C)C)CC2)C2C=CC=CC12. The fraction of sp³-hybridized carbons (Fsp3) is 0.448. The zero-order chi connectivity index (χ0) is 22.0. The van der Waals surface area contributed by atoms with Crippen molar-refractivity contribution in [1.82, 2.24) is 0 Å². The first-order valence-corrected chi connectivity index (χ1v) is 12.4. The van der Waals surface area contributed by atoms with Gasteiger partial charge in [0.05, 0.1) is 0 Å². The van der Waals surface area contributed by atoms with E-state index in [0.717, 1.165) is 12.8 Å². The number of fused-ring (bicyclic) bond motifs is 2. The Morgan fingerprint density at radius 1 is 0.871 bits per heavy atom. The number of hydrogen-bond donors (Lipinski definition) is 0. The second-order valence-electron chi connectivity index (χ2n) is 11.2. The van der Waals surface area contributed by atoms with Crippen molar-refractivity contribution in [2.75, 3.05) is 0 Å². The van der Waals surface area contributed by atoms with Crippen LogP contribution in [-0.2, 0) is 0 Å². The van der Waals surface area contributed by atoms with Crippen LogP contribution in [0.5, 0.6) is 0 Å². The Bertz CT molecular complexity index is 924. The molecule has 0 bridgehead atoms. The van der Waals surface area contributed by atoms with Gasteiger partial charge < -0.3 is 0 Å². The third kappa shape index (κ3) is 5.11. The first kappa shape index (κ1) is 22.3. The maximum atomic E-state index is 2.56. The third-order valence-corrected chi connectivity index (χ3v) is 7.25. The first-order valence-electron chi connectivity index (χ1n) is 12.4. The second-order valence-corrected chi connectivity index (χ2v) is 11.2. The predicted octanol–water partition coefficient (Wildman–Crippen LogP) is 8.34. The quantitative estimate of drug-likeness (QED) is 0.410. The van der Waals surface area contributed by atoms with Crippen molar-refractivity contribution in [2.45, 2.75) is 77.8 Å². The molecule has 0 N–H and O–H groups in total. The molecule has 2 atom stereocenters. The molecule has 2 heteroatoms. The minimum Gasteiger partial charge on any atom is -0.109 e. The van der Waals surface area contributed by atoms with Crippen molar-refractivity contribution in [1.29, 1.82) is 0 Å². The molecule has 160 valence electrons. The molecule has 0 aromatic rings. The van der Waals surface area contributed by atoms with E-state index in [9.17, 15) is 0 Å². The van der Waals surface area contributed by atoms with Crippen LogP contribution in [0.3, 0.4) is 0 Å². The molecule has 1 fully saturated rings. The molecule has 4 rings (SSSR count). The molecule has 0 spiro atoms. The van der Waals surface area contributed by atoms with Crippen LogP contribution in [0.15, 0.2) is 94.9 Å². The van der Waals surface area contributed by atoms with Gasteiger partial charge in [-0.1, -0.05) is 118 Å². The van der Waals surface area contributed by atoms with E-state index in [1.165, 1.54) is 24.0 Å². The van der Waals surface area contributed by atoms with Crippen molar-refractivity contribution in [3.63, 3.8) is 0 Å². The summed E-state index contributed by atoms with van der Waals surface area (Å²) >= 11 is 0. The predicted molar refractivity (Wildman–Crippen MR) is 141 cm³/mol. The largest absolute Gasteiger partial charge is 0.206 e. The Labute approximate surface area is 191 Å². The maximum Gasteiger partial charge on any atom is 0.206 e. The topological polar surface area (TPSA) is 0 Å². The van der Waals surface area contributed by atoms with Gasteiger partial charge in [-0.2, -0.15) is 0 Å². The van der Waals surface area contributed by atoms with Crippen molar-refractivity contribution in [3.05, 3.63) is 94.9 Å². The van der Waals surface area contributed by atoms with Crippen LogP contribution in [0.25, 0.3) is 0 Å². The molecule has 3 aliphatic carbocycles. The van der Waals surface area contributed by atoms with Gasteiger partial charge in [0, 0.05) is 0 Å². The van der Waals surface area contributed by atoms with Gasteiger partial charge in [0.15, 0.2) is 6.71 Å². The van der Waals surface area contributed by atoms with Crippen molar-refractivity contribution in [2.24, 2.45) is 5.41 Å². The fourth-order valence-corrected chi connectivity index (χ4v) is 5.71. The van der Waals surface area contributed by atoms with Crippen molar-refractivity contribution >= 4 is 13.4 Å². The van der Waals surface area contributed by atoms with Gasteiger partial charge in [-0.05, 0) is 53.9 Å². The van der Waals surface area contributed by atoms with Gasteiger partial charge >= 0.3 is 0 Å². The second kappa shape index (κ2) is 9.27. The lowest BCUT2D eigenvalue weighted by molar-refractivity contribution is 0.543. The van der Waals surface area contributed by atoms with E-state index >= 15 is 0 Å². The minimum atomic E-state index is 0.247.